The van der Waals surface area contributed by atoms with Crippen molar-refractivity contribution in [1.29, 1.82) is 0 Å². The van der Waals surface area contributed by atoms with Crippen LogP contribution in [0.1, 0.15) is 37.4 Å². The van der Waals surface area contributed by atoms with E-state index in [4.69, 9.17) is 16.3 Å². The predicted octanol–water partition coefficient (Wildman–Crippen LogP) is 5.46. The number of carbonyl (C=O) groups excluding carboxylic acids is 1. The van der Waals surface area contributed by atoms with Crippen LogP contribution in [0.3, 0.4) is 0 Å². The van der Waals surface area contributed by atoms with Gasteiger partial charge < -0.3 is 10.1 Å². The number of benzene rings is 1. The number of nitrogens with one attached hydrogen (secondary N) is 1. The van der Waals surface area contributed by atoms with Crippen molar-refractivity contribution < 1.29 is 22.7 Å². The molecule has 2 fully saturated rings. The number of rotatable bonds is 3. The highest BCUT2D eigenvalue weighted by Gasteiger charge is 2.73. The molecule has 1 aliphatic heterocycles. The van der Waals surface area contributed by atoms with Crippen LogP contribution in [0, 0.1) is 17.8 Å². The minimum atomic E-state index is -4.48. The first-order chi connectivity index (χ1) is 14.2. The highest BCUT2D eigenvalue weighted by atomic mass is 35.5. The number of fused-ring (bicyclic) bond motifs is 2. The Balaban J connectivity index is 1.27. The van der Waals surface area contributed by atoms with Gasteiger partial charge in [-0.15, -0.1) is 0 Å². The van der Waals surface area contributed by atoms with Crippen molar-refractivity contribution in [2.75, 3.05) is 5.32 Å². The third-order valence-electron chi connectivity index (χ3n) is 7.03. The summed E-state index contributed by atoms with van der Waals surface area (Å²) >= 11 is 5.88. The van der Waals surface area contributed by atoms with Gasteiger partial charge in [0.05, 0.1) is 0 Å². The van der Waals surface area contributed by atoms with Gasteiger partial charge in [0.1, 0.15) is 11.8 Å². The van der Waals surface area contributed by atoms with E-state index in [9.17, 15) is 18.0 Å². The van der Waals surface area contributed by atoms with Gasteiger partial charge in [-0.2, -0.15) is 13.2 Å². The molecule has 158 valence electrons. The van der Waals surface area contributed by atoms with Crippen LogP contribution < -0.4 is 10.1 Å². The number of carbonyl (C=O) groups is 1. The standard InChI is InChI=1S/C22H20ClF3N2O2/c1-11(19(29)27-14-4-2-13(23)3-5-14)12-8-9-21-15-6-7-17(22(24,25)26)28-20(15)30-18(21)16(21)10-12/h2-7,11-12,16,18H,8-10H2,1H3,(H,27,29)/t11-,12-,16?,18?,21-/m0/s1. The maximum absolute atomic E-state index is 12.9. The molecule has 5 rings (SSSR count). The predicted molar refractivity (Wildman–Crippen MR) is 105 cm³/mol. The summed E-state index contributed by atoms with van der Waals surface area (Å²) < 4.78 is 44.6. The lowest BCUT2D eigenvalue weighted by Gasteiger charge is -2.30. The van der Waals surface area contributed by atoms with E-state index >= 15 is 0 Å². The molecule has 2 heterocycles. The first-order valence-corrected chi connectivity index (χ1v) is 10.4. The van der Waals surface area contributed by atoms with Crippen LogP contribution in [0.5, 0.6) is 5.88 Å². The largest absolute Gasteiger partial charge is 0.473 e. The van der Waals surface area contributed by atoms with Crippen LogP contribution in [0.4, 0.5) is 18.9 Å². The molecule has 4 nitrogen and oxygen atoms in total. The summed E-state index contributed by atoms with van der Waals surface area (Å²) in [7, 11) is 0. The fourth-order valence-corrected chi connectivity index (χ4v) is 5.43. The number of halogens is 4. The Hall–Kier alpha value is -2.28. The van der Waals surface area contributed by atoms with E-state index in [1.165, 1.54) is 6.07 Å². The summed E-state index contributed by atoms with van der Waals surface area (Å²) in [6.45, 7) is 1.93. The number of amides is 1. The monoisotopic (exact) mass is 436 g/mol. The molecule has 2 aliphatic carbocycles. The topological polar surface area (TPSA) is 51.2 Å². The normalized spacial score (nSPS) is 29.8. The second-order valence-corrected chi connectivity index (χ2v) is 8.99. The highest BCUT2D eigenvalue weighted by molar-refractivity contribution is 6.30. The summed E-state index contributed by atoms with van der Waals surface area (Å²) in [4.78, 5) is 16.4. The Bertz CT molecular complexity index is 1010. The third kappa shape index (κ3) is 2.97. The molecule has 0 bridgehead atoms. The molecule has 1 spiro atoms. The number of anilines is 1. The Kier molecular flexibility index (Phi) is 4.33. The number of hydrogen-bond donors (Lipinski definition) is 1. The van der Waals surface area contributed by atoms with E-state index in [-0.39, 0.29) is 41.1 Å². The van der Waals surface area contributed by atoms with E-state index < -0.39 is 11.9 Å². The molecule has 2 aromatic rings. The van der Waals surface area contributed by atoms with Crippen LogP contribution in [-0.4, -0.2) is 17.0 Å². The summed E-state index contributed by atoms with van der Waals surface area (Å²) in [5.74, 6) is 0.338. The van der Waals surface area contributed by atoms with Crippen molar-refractivity contribution in [1.82, 2.24) is 4.98 Å². The molecule has 1 aromatic carbocycles. The van der Waals surface area contributed by atoms with Gasteiger partial charge >= 0.3 is 6.18 Å². The number of alkyl halides is 3. The van der Waals surface area contributed by atoms with E-state index in [0.29, 0.717) is 10.7 Å². The molecule has 0 radical (unpaired) electrons. The van der Waals surface area contributed by atoms with Gasteiger partial charge in [-0.05, 0) is 55.5 Å². The van der Waals surface area contributed by atoms with Crippen LogP contribution >= 0.6 is 11.6 Å². The third-order valence-corrected chi connectivity index (χ3v) is 7.29. The van der Waals surface area contributed by atoms with Crippen molar-refractivity contribution in [3.63, 3.8) is 0 Å². The SMILES string of the molecule is C[C@H](C(=O)Nc1ccc(Cl)cc1)[C@H]1CC[C@@]23c4ccc(C(F)(F)F)nc4OC2C3C1. The summed E-state index contributed by atoms with van der Waals surface area (Å²) in [6, 6.07) is 9.56. The van der Waals surface area contributed by atoms with Gasteiger partial charge in [0.2, 0.25) is 11.8 Å². The second kappa shape index (κ2) is 6.61. The van der Waals surface area contributed by atoms with Crippen molar-refractivity contribution in [2.24, 2.45) is 17.8 Å². The zero-order valence-corrected chi connectivity index (χ0v) is 16.9. The molecule has 1 amide bonds. The number of aromatic nitrogens is 1. The fraction of sp³-hybridized carbons (Fsp3) is 0.455. The Morgan fingerprint density at radius 1 is 1.27 bits per heavy atom. The van der Waals surface area contributed by atoms with Crippen LogP contribution in [0.2, 0.25) is 5.02 Å². The smallest absolute Gasteiger partial charge is 0.433 e. The average Bonchev–Trinajstić information content (AvgIpc) is 3.23. The van der Waals surface area contributed by atoms with Crippen LogP contribution in [-0.2, 0) is 16.4 Å². The Morgan fingerprint density at radius 2 is 2.00 bits per heavy atom. The number of ether oxygens (including phenoxy) is 1. The van der Waals surface area contributed by atoms with Crippen molar-refractivity contribution in [2.45, 2.75) is 43.9 Å². The zero-order chi connectivity index (χ0) is 21.3. The molecule has 1 aromatic heterocycles. The number of pyridine rings is 1. The van der Waals surface area contributed by atoms with E-state index in [2.05, 4.69) is 10.3 Å². The minimum Gasteiger partial charge on any atom is -0.473 e. The molecule has 8 heteroatoms. The number of hydrogen-bond acceptors (Lipinski definition) is 3. The first-order valence-electron chi connectivity index (χ1n) is 10.0. The Morgan fingerprint density at radius 3 is 2.70 bits per heavy atom. The summed E-state index contributed by atoms with van der Waals surface area (Å²) in [5, 5.41) is 3.54. The highest BCUT2D eigenvalue weighted by Crippen LogP contribution is 2.70. The van der Waals surface area contributed by atoms with Crippen LogP contribution in [0.15, 0.2) is 36.4 Å². The molecule has 1 N–H and O–H groups in total. The van der Waals surface area contributed by atoms with E-state index in [1.807, 2.05) is 6.92 Å². The van der Waals surface area contributed by atoms with E-state index in [1.54, 1.807) is 24.3 Å². The van der Waals surface area contributed by atoms with Gasteiger partial charge in [-0.3, -0.25) is 4.79 Å². The quantitative estimate of drug-likeness (QED) is 0.695. The van der Waals surface area contributed by atoms with Crippen molar-refractivity contribution >= 4 is 23.2 Å². The van der Waals surface area contributed by atoms with Gasteiger partial charge in [0.25, 0.3) is 0 Å². The van der Waals surface area contributed by atoms with Crippen LogP contribution in [0.25, 0.3) is 0 Å². The maximum Gasteiger partial charge on any atom is 0.433 e. The number of nitrogens with zero attached hydrogens (tertiary/aromatic N) is 1. The molecule has 30 heavy (non-hydrogen) atoms. The molecule has 2 saturated carbocycles. The lowest BCUT2D eigenvalue weighted by atomic mass is 9.74. The lowest BCUT2D eigenvalue weighted by Crippen LogP contribution is -2.31. The minimum absolute atomic E-state index is 0.0399. The average molecular weight is 437 g/mol. The maximum atomic E-state index is 12.9. The molecule has 2 unspecified atom stereocenters. The fourth-order valence-electron chi connectivity index (χ4n) is 5.31. The lowest BCUT2D eigenvalue weighted by molar-refractivity contribution is -0.141. The van der Waals surface area contributed by atoms with E-state index in [0.717, 1.165) is 30.9 Å². The van der Waals surface area contributed by atoms with Gasteiger partial charge in [0.15, 0.2) is 0 Å². The Labute approximate surface area is 176 Å². The van der Waals surface area contributed by atoms with Gasteiger partial charge in [-0.1, -0.05) is 24.6 Å². The second-order valence-electron chi connectivity index (χ2n) is 8.55. The summed E-state index contributed by atoms with van der Waals surface area (Å²) in [5.41, 5.74) is 0.351. The van der Waals surface area contributed by atoms with Gasteiger partial charge in [-0.25, -0.2) is 4.98 Å². The first kappa shape index (κ1) is 19.7. The summed E-state index contributed by atoms with van der Waals surface area (Å²) in [6.07, 6.45) is -2.16. The van der Waals surface area contributed by atoms with Gasteiger partial charge in [0, 0.05) is 33.5 Å². The molecule has 3 aliphatic rings. The molecule has 0 saturated heterocycles. The molecule has 5 atom stereocenters. The van der Waals surface area contributed by atoms with Crippen molar-refractivity contribution in [3.05, 3.63) is 52.7 Å². The molecular weight excluding hydrogens is 417 g/mol. The van der Waals surface area contributed by atoms with Crippen molar-refractivity contribution in [3.8, 4) is 5.88 Å². The molecular formula is C22H20ClF3N2O2. The zero-order valence-electron chi connectivity index (χ0n) is 16.2.